The highest BCUT2D eigenvalue weighted by Gasteiger charge is 2.43. The van der Waals surface area contributed by atoms with Gasteiger partial charge in [0.05, 0.1) is 12.0 Å². The molecule has 0 saturated heterocycles. The summed E-state index contributed by atoms with van der Waals surface area (Å²) >= 11 is 0. The van der Waals surface area contributed by atoms with Crippen molar-refractivity contribution in [1.82, 2.24) is 0 Å². The van der Waals surface area contributed by atoms with Gasteiger partial charge in [-0.15, -0.1) is 19.8 Å². The van der Waals surface area contributed by atoms with E-state index >= 15 is 0 Å². The SMILES string of the molecule is C=C[C@](C)(COC(F)(F)F)C(=O)C1CC1. The first-order valence-electron chi connectivity index (χ1n) is 4.67. The zero-order chi connectivity index (χ0) is 11.7. The Bertz CT molecular complexity index is 268. The van der Waals surface area contributed by atoms with Crippen molar-refractivity contribution in [3.63, 3.8) is 0 Å². The molecule has 1 saturated carbocycles. The molecule has 0 unspecified atom stereocenters. The van der Waals surface area contributed by atoms with Crippen LogP contribution in [0.2, 0.25) is 0 Å². The Hall–Kier alpha value is -0.840. The quantitative estimate of drug-likeness (QED) is 0.668. The van der Waals surface area contributed by atoms with E-state index in [9.17, 15) is 18.0 Å². The smallest absolute Gasteiger partial charge is 0.298 e. The number of hydrogen-bond acceptors (Lipinski definition) is 2. The summed E-state index contributed by atoms with van der Waals surface area (Å²) in [4.78, 5) is 11.7. The molecule has 5 heteroatoms. The highest BCUT2D eigenvalue weighted by Crippen LogP contribution is 2.38. The van der Waals surface area contributed by atoms with E-state index in [1.165, 1.54) is 13.0 Å². The molecule has 1 rings (SSSR count). The highest BCUT2D eigenvalue weighted by molar-refractivity contribution is 5.90. The number of Topliss-reactive ketones (excluding diaryl/α,β-unsaturated/α-hetero) is 1. The summed E-state index contributed by atoms with van der Waals surface area (Å²) in [6, 6.07) is 0. The van der Waals surface area contributed by atoms with Crippen molar-refractivity contribution >= 4 is 5.78 Å². The Labute approximate surface area is 86.1 Å². The van der Waals surface area contributed by atoms with Crippen LogP contribution in [-0.4, -0.2) is 18.8 Å². The number of hydrogen-bond donors (Lipinski definition) is 0. The van der Waals surface area contributed by atoms with Crippen molar-refractivity contribution in [2.75, 3.05) is 6.61 Å². The Morgan fingerprint density at radius 3 is 2.40 bits per heavy atom. The van der Waals surface area contributed by atoms with E-state index in [0.29, 0.717) is 0 Å². The average Bonchev–Trinajstić information content (AvgIpc) is 2.95. The van der Waals surface area contributed by atoms with E-state index in [0.717, 1.165) is 12.8 Å². The Balaban J connectivity index is 2.59. The van der Waals surface area contributed by atoms with Gasteiger partial charge in [0, 0.05) is 5.92 Å². The van der Waals surface area contributed by atoms with Crippen molar-refractivity contribution in [1.29, 1.82) is 0 Å². The van der Waals surface area contributed by atoms with E-state index in [4.69, 9.17) is 0 Å². The van der Waals surface area contributed by atoms with Crippen molar-refractivity contribution in [3.8, 4) is 0 Å². The van der Waals surface area contributed by atoms with Crippen LogP contribution in [0.4, 0.5) is 13.2 Å². The summed E-state index contributed by atoms with van der Waals surface area (Å²) in [6.07, 6.45) is -1.95. The third-order valence-corrected chi connectivity index (χ3v) is 2.50. The molecule has 0 N–H and O–H groups in total. The van der Waals surface area contributed by atoms with Crippen LogP contribution in [0.5, 0.6) is 0 Å². The van der Waals surface area contributed by atoms with E-state index in [-0.39, 0.29) is 11.7 Å². The molecule has 86 valence electrons. The predicted molar refractivity (Wildman–Crippen MR) is 48.0 cm³/mol. The van der Waals surface area contributed by atoms with E-state index in [2.05, 4.69) is 11.3 Å². The normalized spacial score (nSPS) is 20.8. The van der Waals surface area contributed by atoms with Crippen LogP contribution >= 0.6 is 0 Å². The van der Waals surface area contributed by atoms with Crippen LogP contribution in [0.3, 0.4) is 0 Å². The summed E-state index contributed by atoms with van der Waals surface area (Å²) in [7, 11) is 0. The number of rotatable bonds is 5. The van der Waals surface area contributed by atoms with Gasteiger partial charge >= 0.3 is 6.36 Å². The maximum absolute atomic E-state index is 11.8. The molecule has 0 aromatic heterocycles. The fraction of sp³-hybridized carbons (Fsp3) is 0.700. The second-order valence-corrected chi connectivity index (χ2v) is 3.99. The fourth-order valence-corrected chi connectivity index (χ4v) is 1.27. The molecule has 0 aromatic carbocycles. The molecule has 1 fully saturated rings. The average molecular weight is 222 g/mol. The fourth-order valence-electron chi connectivity index (χ4n) is 1.27. The number of carbonyl (C=O) groups is 1. The third-order valence-electron chi connectivity index (χ3n) is 2.50. The van der Waals surface area contributed by atoms with E-state index in [1.807, 2.05) is 0 Å². The van der Waals surface area contributed by atoms with Gasteiger partial charge in [0.15, 0.2) is 0 Å². The largest absolute Gasteiger partial charge is 0.522 e. The van der Waals surface area contributed by atoms with Gasteiger partial charge in [-0.3, -0.25) is 9.53 Å². The number of alkyl halides is 3. The minimum Gasteiger partial charge on any atom is -0.298 e. The van der Waals surface area contributed by atoms with Crippen molar-refractivity contribution in [2.24, 2.45) is 11.3 Å². The summed E-state index contributed by atoms with van der Waals surface area (Å²) < 4.78 is 39.2. The zero-order valence-electron chi connectivity index (χ0n) is 8.43. The van der Waals surface area contributed by atoms with Gasteiger partial charge in [0.25, 0.3) is 0 Å². The second kappa shape index (κ2) is 3.96. The minimum atomic E-state index is -4.70. The molecule has 0 aromatic rings. The minimum absolute atomic E-state index is 0.107. The van der Waals surface area contributed by atoms with E-state index < -0.39 is 18.4 Å². The third kappa shape index (κ3) is 3.34. The second-order valence-electron chi connectivity index (χ2n) is 3.99. The zero-order valence-corrected chi connectivity index (χ0v) is 8.43. The molecular weight excluding hydrogens is 209 g/mol. The lowest BCUT2D eigenvalue weighted by molar-refractivity contribution is -0.329. The van der Waals surface area contributed by atoms with Gasteiger partial charge in [-0.2, -0.15) is 0 Å². The van der Waals surface area contributed by atoms with Crippen molar-refractivity contribution in [3.05, 3.63) is 12.7 Å². The first-order chi connectivity index (χ1) is 6.78. The van der Waals surface area contributed by atoms with E-state index in [1.54, 1.807) is 0 Å². The van der Waals surface area contributed by atoms with Gasteiger partial charge in [-0.05, 0) is 19.8 Å². The molecule has 0 amide bonds. The molecule has 0 bridgehead atoms. The first-order valence-corrected chi connectivity index (χ1v) is 4.67. The first kappa shape index (κ1) is 12.2. The number of ketones is 1. The van der Waals surface area contributed by atoms with Gasteiger partial charge in [-0.25, -0.2) is 0 Å². The summed E-state index contributed by atoms with van der Waals surface area (Å²) in [6.45, 7) is 4.13. The van der Waals surface area contributed by atoms with Crippen LogP contribution in [0.15, 0.2) is 12.7 Å². The van der Waals surface area contributed by atoms with Crippen molar-refractivity contribution in [2.45, 2.75) is 26.1 Å². The molecule has 0 spiro atoms. The number of halogens is 3. The standard InChI is InChI=1S/C10H13F3O2/c1-3-9(2,6-15-10(11,12)13)8(14)7-4-5-7/h3,7H,1,4-6H2,2H3/t9-/m1/s1. The number of ether oxygens (including phenoxy) is 1. The monoisotopic (exact) mass is 222 g/mol. The van der Waals surface area contributed by atoms with Crippen LogP contribution in [0.1, 0.15) is 19.8 Å². The van der Waals surface area contributed by atoms with Crippen molar-refractivity contribution < 1.29 is 22.7 Å². The maximum Gasteiger partial charge on any atom is 0.522 e. The molecule has 2 nitrogen and oxygen atoms in total. The molecule has 0 aliphatic heterocycles. The highest BCUT2D eigenvalue weighted by atomic mass is 19.4. The van der Waals surface area contributed by atoms with Crippen LogP contribution in [0.25, 0.3) is 0 Å². The lowest BCUT2D eigenvalue weighted by Crippen LogP contribution is -2.34. The summed E-state index contributed by atoms with van der Waals surface area (Å²) in [5.41, 5.74) is -1.23. The lowest BCUT2D eigenvalue weighted by Gasteiger charge is -2.24. The Morgan fingerprint density at radius 2 is 2.07 bits per heavy atom. The van der Waals surface area contributed by atoms with Gasteiger partial charge in [-0.1, -0.05) is 6.08 Å². The Morgan fingerprint density at radius 1 is 1.53 bits per heavy atom. The molecule has 1 aliphatic carbocycles. The maximum atomic E-state index is 11.8. The predicted octanol–water partition coefficient (Wildman–Crippen LogP) is 2.69. The molecule has 15 heavy (non-hydrogen) atoms. The lowest BCUT2D eigenvalue weighted by atomic mass is 9.84. The summed E-state index contributed by atoms with van der Waals surface area (Å²) in [5.74, 6) is -0.313. The molecule has 1 atom stereocenters. The molecule has 0 radical (unpaired) electrons. The Kier molecular flexibility index (Phi) is 3.23. The molecular formula is C10H13F3O2. The van der Waals surface area contributed by atoms with Gasteiger partial charge in [0.1, 0.15) is 5.78 Å². The molecule has 0 heterocycles. The van der Waals surface area contributed by atoms with Crippen LogP contribution in [-0.2, 0) is 9.53 Å². The van der Waals surface area contributed by atoms with Gasteiger partial charge < -0.3 is 0 Å². The molecule has 1 aliphatic rings. The number of carbonyl (C=O) groups excluding carboxylic acids is 1. The van der Waals surface area contributed by atoms with Gasteiger partial charge in [0.2, 0.25) is 0 Å². The topological polar surface area (TPSA) is 26.3 Å². The van der Waals surface area contributed by atoms with Crippen LogP contribution < -0.4 is 0 Å². The van der Waals surface area contributed by atoms with Crippen LogP contribution in [0, 0.1) is 11.3 Å². The summed E-state index contributed by atoms with van der Waals surface area (Å²) in [5, 5.41) is 0.